The van der Waals surface area contributed by atoms with Crippen LogP contribution in [0.5, 0.6) is 0 Å². The molecule has 3 rings (SSSR count). The summed E-state index contributed by atoms with van der Waals surface area (Å²) in [5.41, 5.74) is -3.13. The van der Waals surface area contributed by atoms with Gasteiger partial charge in [0.1, 0.15) is 0 Å². The predicted molar refractivity (Wildman–Crippen MR) is 78.3 cm³/mol. The van der Waals surface area contributed by atoms with Crippen molar-refractivity contribution in [1.82, 2.24) is 0 Å². The van der Waals surface area contributed by atoms with Gasteiger partial charge in [-0.2, -0.15) is 0 Å². The van der Waals surface area contributed by atoms with Gasteiger partial charge in [0, 0.05) is 17.4 Å². The van der Waals surface area contributed by atoms with E-state index in [0.717, 1.165) is 43.1 Å². The van der Waals surface area contributed by atoms with Gasteiger partial charge < -0.3 is 12.6 Å². The molecule has 0 aliphatic heterocycles. The number of hydrogen-bond acceptors (Lipinski definition) is 3. The zero-order valence-electron chi connectivity index (χ0n) is 13.1. The third-order valence-electron chi connectivity index (χ3n) is 4.16. The second kappa shape index (κ2) is 8.14. The number of fused-ring (bicyclic) bond motifs is 1. The van der Waals surface area contributed by atoms with Gasteiger partial charge >= 0.3 is 5.51 Å². The van der Waals surface area contributed by atoms with Gasteiger partial charge in [0.15, 0.2) is 9.58 Å². The van der Waals surface area contributed by atoms with Crippen LogP contribution >= 0.6 is 10.5 Å². The number of rotatable bonds is 1. The van der Waals surface area contributed by atoms with Crippen molar-refractivity contribution in [3.63, 3.8) is 0 Å². The van der Waals surface area contributed by atoms with E-state index in [1.54, 1.807) is 12.1 Å². The highest BCUT2D eigenvalue weighted by Crippen LogP contribution is 2.55. The molecule has 134 valence electrons. The maximum atomic E-state index is 13.5. The summed E-state index contributed by atoms with van der Waals surface area (Å²) in [6.07, 6.45) is 5.12. The number of alkyl halides is 3. The van der Waals surface area contributed by atoms with Crippen LogP contribution in [0.1, 0.15) is 48.5 Å². The molecule has 0 bridgehead atoms. The first-order valence-electron chi connectivity index (χ1n) is 7.56. The third-order valence-corrected chi connectivity index (χ3v) is 6.35. The second-order valence-corrected chi connectivity index (χ2v) is 8.64. The lowest BCUT2D eigenvalue weighted by Crippen LogP contribution is -2.42. The summed E-state index contributed by atoms with van der Waals surface area (Å²) in [6, 6.07) is 7.18. The molecule has 0 N–H and O–H groups in total. The van der Waals surface area contributed by atoms with Crippen molar-refractivity contribution >= 4 is 20.6 Å². The van der Waals surface area contributed by atoms with Crippen molar-refractivity contribution in [2.75, 3.05) is 0 Å². The highest BCUT2D eigenvalue weighted by molar-refractivity contribution is 7.38. The van der Waals surface area contributed by atoms with E-state index < -0.39 is 30.8 Å². The number of benzene rings is 1. The molecule has 0 spiro atoms. The molecule has 0 amide bonds. The van der Waals surface area contributed by atoms with Gasteiger partial charge in [0.25, 0.3) is 0 Å². The molecule has 1 atom stereocenters. The minimum absolute atomic E-state index is 0.126. The summed E-state index contributed by atoms with van der Waals surface area (Å²) in [5, 5.41) is 0.784. The van der Waals surface area contributed by atoms with Crippen LogP contribution in [0, 0.1) is 21.7 Å². The fourth-order valence-corrected chi connectivity index (χ4v) is 5.38. The summed E-state index contributed by atoms with van der Waals surface area (Å²) in [4.78, 5) is 0.637. The highest BCUT2D eigenvalue weighted by Gasteiger charge is 2.49. The molecule has 0 saturated heterocycles. The summed E-state index contributed by atoms with van der Waals surface area (Å²) in [7, 11) is -1.70. The standard InChI is InChI=1S/C16H18F3S.BrO3/c1-11-7-8-14-13(9-11)10-15(20(14)16(17,18)19)12-5-3-2-4-6-12;2-1(3)4/h7-10,12H,2-6H2,1H3;/q+1;-1. The Bertz CT molecular complexity index is 676. The zero-order chi connectivity index (χ0) is 17.9. The van der Waals surface area contributed by atoms with Crippen LogP contribution < -0.4 is 12.6 Å². The molecule has 1 aliphatic rings. The lowest BCUT2D eigenvalue weighted by atomic mass is 9.88. The number of thiophene rings is 1. The molecule has 24 heavy (non-hydrogen) atoms. The van der Waals surface area contributed by atoms with Gasteiger partial charge in [0.05, 0.1) is 10.5 Å². The van der Waals surface area contributed by atoms with Gasteiger partial charge in [-0.25, -0.2) is 0 Å². The van der Waals surface area contributed by atoms with Gasteiger partial charge in [-0.1, -0.05) is 30.9 Å². The Morgan fingerprint density at radius 3 is 2.17 bits per heavy atom. The largest absolute Gasteiger partial charge is 0.600 e. The van der Waals surface area contributed by atoms with Crippen LogP contribution in [-0.4, -0.2) is 0 Å². The van der Waals surface area contributed by atoms with Crippen molar-refractivity contribution < 1.29 is 40.6 Å². The lowest BCUT2D eigenvalue weighted by molar-refractivity contribution is -1.73. The van der Waals surface area contributed by atoms with Crippen LogP contribution in [0.3, 0.4) is 0 Å². The first kappa shape index (κ1) is 19.7. The molecule has 1 aliphatic carbocycles. The van der Waals surface area contributed by atoms with Gasteiger partial charge in [-0.05, 0) is 31.9 Å². The van der Waals surface area contributed by atoms with Crippen molar-refractivity contribution in [2.24, 2.45) is 0 Å². The summed E-state index contributed by atoms with van der Waals surface area (Å²) < 4.78 is 66.6. The third kappa shape index (κ3) is 4.92. The highest BCUT2D eigenvalue weighted by atomic mass is 80.0. The van der Waals surface area contributed by atoms with Crippen molar-refractivity contribution in [2.45, 2.75) is 50.5 Å². The van der Waals surface area contributed by atoms with E-state index >= 15 is 0 Å². The van der Waals surface area contributed by atoms with Crippen LogP contribution in [-0.2, 0) is 5.51 Å². The second-order valence-electron chi connectivity index (χ2n) is 5.86. The van der Waals surface area contributed by atoms with E-state index in [0.29, 0.717) is 9.58 Å². The zero-order valence-corrected chi connectivity index (χ0v) is 15.5. The van der Waals surface area contributed by atoms with Crippen LogP contribution in [0.2, 0.25) is 0 Å². The van der Waals surface area contributed by atoms with Gasteiger partial charge in [0.2, 0.25) is 14.8 Å². The molecule has 3 nitrogen and oxygen atoms in total. The number of hydrogen-bond donors (Lipinski definition) is 0. The fraction of sp³-hybridized carbons (Fsp3) is 0.500. The van der Waals surface area contributed by atoms with E-state index in [-0.39, 0.29) is 5.92 Å². The molecule has 1 aromatic carbocycles. The Hall–Kier alpha value is -0.670. The minimum Gasteiger partial charge on any atom is -0.405 e. The quantitative estimate of drug-likeness (QED) is 0.658. The molecule has 1 fully saturated rings. The van der Waals surface area contributed by atoms with Crippen LogP contribution in [0.4, 0.5) is 13.2 Å². The molecule has 8 heteroatoms. The van der Waals surface area contributed by atoms with E-state index in [9.17, 15) is 13.2 Å². The van der Waals surface area contributed by atoms with E-state index in [2.05, 4.69) is 0 Å². The van der Waals surface area contributed by atoms with Crippen molar-refractivity contribution in [1.29, 1.82) is 0 Å². The molecule has 2 aromatic rings. The Labute approximate surface area is 146 Å². The van der Waals surface area contributed by atoms with E-state index in [1.807, 2.05) is 19.1 Å². The van der Waals surface area contributed by atoms with Gasteiger partial charge in [-0.3, -0.25) is 0 Å². The topological polar surface area (TPSA) is 69.2 Å². The summed E-state index contributed by atoms with van der Waals surface area (Å²) in [5.74, 6) is 0.126. The molecule has 0 radical (unpaired) electrons. The monoisotopic (exact) mass is 426 g/mol. The SMILES string of the molecule is Cc1ccc2c(c1)cc(C1CCCCC1)[s+]2C(F)(F)F.[O-][Br+2]([O-])[O-]. The maximum Gasteiger partial charge on any atom is 0.600 e. The molecular formula is C16H18BrF3O3S. The average Bonchev–Trinajstić information content (AvgIpc) is 2.86. The summed E-state index contributed by atoms with van der Waals surface area (Å²) in [6.45, 7) is 1.93. The minimum atomic E-state index is -4.15. The Balaban J connectivity index is 0.000000471. The van der Waals surface area contributed by atoms with Gasteiger partial charge in [-0.15, -0.1) is 13.2 Å². The first-order valence-corrected chi connectivity index (χ1v) is 10.7. The Morgan fingerprint density at radius 2 is 1.62 bits per heavy atom. The maximum absolute atomic E-state index is 13.5. The number of aryl methyl sites for hydroxylation is 1. The molecular weight excluding hydrogens is 409 g/mol. The smallest absolute Gasteiger partial charge is 0.405 e. The molecule has 1 saturated carbocycles. The number of halogens is 4. The first-order chi connectivity index (χ1) is 11.2. The fourth-order valence-electron chi connectivity index (χ4n) is 3.24. The van der Waals surface area contributed by atoms with E-state index in [4.69, 9.17) is 12.6 Å². The van der Waals surface area contributed by atoms with Crippen molar-refractivity contribution in [3.05, 3.63) is 34.7 Å². The lowest BCUT2D eigenvalue weighted by Gasteiger charge is -2.18. The molecule has 1 aromatic heterocycles. The van der Waals surface area contributed by atoms with E-state index in [1.165, 1.54) is 0 Å². The predicted octanol–water partition coefficient (Wildman–Crippen LogP) is 2.85. The Kier molecular flexibility index (Phi) is 6.66. The van der Waals surface area contributed by atoms with Crippen LogP contribution in [0.15, 0.2) is 24.3 Å². The average molecular weight is 427 g/mol. The summed E-state index contributed by atoms with van der Waals surface area (Å²) >= 11 is -3.65. The normalized spacial score (nSPS) is 17.1. The molecule has 1 unspecified atom stereocenters. The van der Waals surface area contributed by atoms with Crippen molar-refractivity contribution in [3.8, 4) is 0 Å². The van der Waals surface area contributed by atoms with Crippen LogP contribution in [0.25, 0.3) is 10.1 Å². The Morgan fingerprint density at radius 1 is 1.04 bits per heavy atom. The molecule has 1 heterocycles.